The quantitative estimate of drug-likeness (QED) is 0.696. The Morgan fingerprint density at radius 1 is 1.23 bits per heavy atom. The molecule has 0 heterocycles. The molecule has 3 N–H and O–H groups in total. The molecule has 2 nitrogen and oxygen atoms in total. The van der Waals surface area contributed by atoms with Crippen LogP contribution in [0.3, 0.4) is 0 Å². The van der Waals surface area contributed by atoms with Gasteiger partial charge in [-0.1, -0.05) is 12.8 Å². The van der Waals surface area contributed by atoms with Crippen LogP contribution in [0.2, 0.25) is 0 Å². The summed E-state index contributed by atoms with van der Waals surface area (Å²) in [5, 5.41) is 3.71. The van der Waals surface area contributed by atoms with Gasteiger partial charge in [-0.25, -0.2) is 0 Å². The number of nitrogens with one attached hydrogen (secondary N) is 1. The van der Waals surface area contributed by atoms with Crippen LogP contribution in [-0.4, -0.2) is 18.1 Å². The molecule has 0 radical (unpaired) electrons. The second-order valence-corrected chi connectivity index (χ2v) is 4.93. The first-order valence-corrected chi connectivity index (χ1v) is 5.77. The summed E-state index contributed by atoms with van der Waals surface area (Å²) in [4.78, 5) is 0. The third kappa shape index (κ3) is 2.23. The Bertz CT molecular complexity index is 157. The lowest BCUT2D eigenvalue weighted by molar-refractivity contribution is 0.240. The molecule has 0 spiro atoms. The fourth-order valence-corrected chi connectivity index (χ4v) is 2.76. The maximum Gasteiger partial charge on any atom is 0.00991 e. The molecule has 1 atom stereocenters. The molecule has 76 valence electrons. The largest absolute Gasteiger partial charge is 0.328 e. The molecular formula is C11H22N2. The molecule has 0 unspecified atom stereocenters. The summed E-state index contributed by atoms with van der Waals surface area (Å²) in [5.41, 5.74) is 5.76. The predicted octanol–water partition coefficient (Wildman–Crippen LogP) is 1.64. The second-order valence-electron chi connectivity index (χ2n) is 4.93. The molecule has 0 aromatic heterocycles. The molecule has 2 heteroatoms. The van der Waals surface area contributed by atoms with Gasteiger partial charge in [0.2, 0.25) is 0 Å². The van der Waals surface area contributed by atoms with Crippen molar-refractivity contribution in [3.63, 3.8) is 0 Å². The van der Waals surface area contributed by atoms with Crippen LogP contribution in [0.25, 0.3) is 0 Å². The van der Waals surface area contributed by atoms with Crippen LogP contribution in [0.4, 0.5) is 0 Å². The van der Waals surface area contributed by atoms with Gasteiger partial charge in [0.25, 0.3) is 0 Å². The Labute approximate surface area is 81.3 Å². The van der Waals surface area contributed by atoms with Crippen LogP contribution in [0.15, 0.2) is 0 Å². The zero-order chi connectivity index (χ0) is 9.26. The first-order valence-electron chi connectivity index (χ1n) is 5.77. The summed E-state index contributed by atoms with van der Waals surface area (Å²) in [5.74, 6) is 0.942. The standard InChI is InChI=1S/C11H22N2/c1-8(9-4-2-3-5-9)13-11-6-10(12)7-11/h8-11,13H,2-7,12H2,1H3/t8-,10?,11?/m0/s1. The third-order valence-electron chi connectivity index (χ3n) is 3.78. The van der Waals surface area contributed by atoms with Crippen molar-refractivity contribution in [2.24, 2.45) is 11.7 Å². The minimum absolute atomic E-state index is 0.480. The van der Waals surface area contributed by atoms with Crippen LogP contribution in [0.5, 0.6) is 0 Å². The van der Waals surface area contributed by atoms with Crippen LogP contribution in [0.1, 0.15) is 45.4 Å². The van der Waals surface area contributed by atoms with Gasteiger partial charge in [0.1, 0.15) is 0 Å². The van der Waals surface area contributed by atoms with E-state index in [9.17, 15) is 0 Å². The minimum atomic E-state index is 0.480. The van der Waals surface area contributed by atoms with Crippen molar-refractivity contribution in [1.82, 2.24) is 5.32 Å². The number of hydrogen-bond acceptors (Lipinski definition) is 2. The topological polar surface area (TPSA) is 38.0 Å². The van der Waals surface area contributed by atoms with Crippen molar-refractivity contribution in [2.45, 2.75) is 63.6 Å². The molecule has 2 fully saturated rings. The van der Waals surface area contributed by atoms with Crippen molar-refractivity contribution in [1.29, 1.82) is 0 Å². The summed E-state index contributed by atoms with van der Waals surface area (Å²) in [6.45, 7) is 2.35. The Hall–Kier alpha value is -0.0800. The molecule has 0 amide bonds. The van der Waals surface area contributed by atoms with E-state index < -0.39 is 0 Å². The van der Waals surface area contributed by atoms with E-state index in [1.807, 2.05) is 0 Å². The Morgan fingerprint density at radius 2 is 1.85 bits per heavy atom. The Kier molecular flexibility index (Phi) is 2.89. The molecule has 2 aliphatic carbocycles. The van der Waals surface area contributed by atoms with E-state index in [2.05, 4.69) is 12.2 Å². The highest BCUT2D eigenvalue weighted by molar-refractivity contribution is 4.90. The summed E-state index contributed by atoms with van der Waals surface area (Å²) in [6, 6.07) is 1.93. The van der Waals surface area contributed by atoms with Gasteiger partial charge >= 0.3 is 0 Å². The van der Waals surface area contributed by atoms with Crippen LogP contribution in [0, 0.1) is 5.92 Å². The zero-order valence-electron chi connectivity index (χ0n) is 8.63. The molecule has 0 aromatic rings. The average molecular weight is 182 g/mol. The van der Waals surface area contributed by atoms with E-state index in [1.165, 1.54) is 38.5 Å². The smallest absolute Gasteiger partial charge is 0.00991 e. The molecule has 0 aromatic carbocycles. The van der Waals surface area contributed by atoms with Gasteiger partial charge in [0, 0.05) is 18.1 Å². The maximum atomic E-state index is 5.76. The summed E-state index contributed by atoms with van der Waals surface area (Å²) in [6.07, 6.45) is 8.15. The highest BCUT2D eigenvalue weighted by Gasteiger charge is 2.29. The SMILES string of the molecule is C[C@H](NC1CC(N)C1)C1CCCC1. The Balaban J connectivity index is 1.68. The average Bonchev–Trinajstić information content (AvgIpc) is 2.53. The molecule has 0 saturated heterocycles. The summed E-state index contributed by atoms with van der Waals surface area (Å²) >= 11 is 0. The van der Waals surface area contributed by atoms with Crippen molar-refractivity contribution in [3.8, 4) is 0 Å². The van der Waals surface area contributed by atoms with Crippen molar-refractivity contribution in [3.05, 3.63) is 0 Å². The normalized spacial score (nSPS) is 37.4. The lowest BCUT2D eigenvalue weighted by Gasteiger charge is -2.37. The van der Waals surface area contributed by atoms with Crippen molar-refractivity contribution in [2.75, 3.05) is 0 Å². The highest BCUT2D eigenvalue weighted by atomic mass is 15.0. The zero-order valence-corrected chi connectivity index (χ0v) is 8.63. The molecule has 0 aliphatic heterocycles. The van der Waals surface area contributed by atoms with Crippen molar-refractivity contribution < 1.29 is 0 Å². The predicted molar refractivity (Wildman–Crippen MR) is 55.6 cm³/mol. The lowest BCUT2D eigenvalue weighted by atomic mass is 9.86. The molecule has 2 saturated carbocycles. The van der Waals surface area contributed by atoms with Gasteiger partial charge in [-0.3, -0.25) is 0 Å². The van der Waals surface area contributed by atoms with E-state index in [-0.39, 0.29) is 0 Å². The highest BCUT2D eigenvalue weighted by Crippen LogP contribution is 2.29. The van der Waals surface area contributed by atoms with E-state index in [0.29, 0.717) is 6.04 Å². The monoisotopic (exact) mass is 182 g/mol. The van der Waals surface area contributed by atoms with Gasteiger partial charge in [0.15, 0.2) is 0 Å². The van der Waals surface area contributed by atoms with Gasteiger partial charge < -0.3 is 11.1 Å². The van der Waals surface area contributed by atoms with Gasteiger partial charge in [-0.2, -0.15) is 0 Å². The first kappa shape index (κ1) is 9.47. The number of hydrogen-bond donors (Lipinski definition) is 2. The minimum Gasteiger partial charge on any atom is -0.328 e. The van der Waals surface area contributed by atoms with Crippen LogP contribution < -0.4 is 11.1 Å². The molecular weight excluding hydrogens is 160 g/mol. The van der Waals surface area contributed by atoms with Gasteiger partial charge in [0.05, 0.1) is 0 Å². The fourth-order valence-electron chi connectivity index (χ4n) is 2.76. The number of nitrogens with two attached hydrogens (primary N) is 1. The summed E-state index contributed by atoms with van der Waals surface area (Å²) < 4.78 is 0. The van der Waals surface area contributed by atoms with E-state index in [0.717, 1.165) is 18.0 Å². The van der Waals surface area contributed by atoms with Crippen LogP contribution >= 0.6 is 0 Å². The summed E-state index contributed by atoms with van der Waals surface area (Å²) in [7, 11) is 0. The van der Waals surface area contributed by atoms with E-state index in [4.69, 9.17) is 5.73 Å². The molecule has 2 aliphatic rings. The maximum absolute atomic E-state index is 5.76. The van der Waals surface area contributed by atoms with E-state index in [1.54, 1.807) is 0 Å². The molecule has 2 rings (SSSR count). The van der Waals surface area contributed by atoms with Crippen molar-refractivity contribution >= 4 is 0 Å². The third-order valence-corrected chi connectivity index (χ3v) is 3.78. The molecule has 0 bridgehead atoms. The van der Waals surface area contributed by atoms with Gasteiger partial charge in [-0.05, 0) is 38.5 Å². The van der Waals surface area contributed by atoms with E-state index >= 15 is 0 Å². The fraction of sp³-hybridized carbons (Fsp3) is 1.00. The lowest BCUT2D eigenvalue weighted by Crippen LogP contribution is -2.52. The van der Waals surface area contributed by atoms with Crippen LogP contribution in [-0.2, 0) is 0 Å². The molecule has 13 heavy (non-hydrogen) atoms. The second kappa shape index (κ2) is 3.97. The van der Waals surface area contributed by atoms with Gasteiger partial charge in [-0.15, -0.1) is 0 Å². The number of rotatable bonds is 3. The Morgan fingerprint density at radius 3 is 2.38 bits per heavy atom. The first-order chi connectivity index (χ1) is 6.25.